The second-order valence-electron chi connectivity index (χ2n) is 7.67. The number of nitrogens with zero attached hydrogens (tertiary/aromatic N) is 1. The number of hydrogen-bond donors (Lipinski definition) is 2. The Hall–Kier alpha value is -4.66. The molecule has 1 saturated heterocycles. The van der Waals surface area contributed by atoms with Gasteiger partial charge in [-0.25, -0.2) is 14.0 Å². The van der Waals surface area contributed by atoms with Gasteiger partial charge in [-0.1, -0.05) is 36.4 Å². The summed E-state index contributed by atoms with van der Waals surface area (Å²) < 4.78 is 25.1. The molecule has 0 spiro atoms. The summed E-state index contributed by atoms with van der Waals surface area (Å²) in [4.78, 5) is 37.0. The molecule has 3 aromatic carbocycles. The maximum Gasteiger partial charge on any atom is 0.335 e. The van der Waals surface area contributed by atoms with Crippen molar-refractivity contribution in [3.05, 3.63) is 100 Å². The summed E-state index contributed by atoms with van der Waals surface area (Å²) in [6.45, 7) is 0.00840. The first-order chi connectivity index (χ1) is 16.9. The molecule has 0 unspecified atom stereocenters. The molecule has 3 amide bonds. The third-order valence-corrected chi connectivity index (χ3v) is 5.34. The van der Waals surface area contributed by atoms with Crippen molar-refractivity contribution in [1.29, 1.82) is 0 Å². The molecule has 0 aliphatic carbocycles. The highest BCUT2D eigenvalue weighted by atomic mass is 19.1. The molecular formula is C26H21FN2O6. The highest BCUT2D eigenvalue weighted by Gasteiger charge is 2.34. The summed E-state index contributed by atoms with van der Waals surface area (Å²) in [7, 11) is 1.47. The van der Waals surface area contributed by atoms with Crippen molar-refractivity contribution in [3.8, 4) is 11.5 Å². The standard InChI is InChI=1S/C26H21FN2O6/c1-34-23-13-17(8-11-22(23)35-15-16-6-9-18(10-7-16)25(31)32)12-21-24(30)29(26(33)28-21)14-19-4-2-3-5-20(19)27/h2-13H,14-15H2,1H3,(H,28,33)(H,31,32)/b21-12+. The maximum absolute atomic E-state index is 13.9. The third-order valence-electron chi connectivity index (χ3n) is 5.34. The monoisotopic (exact) mass is 476 g/mol. The Balaban J connectivity index is 1.47. The van der Waals surface area contributed by atoms with E-state index in [4.69, 9.17) is 14.6 Å². The molecule has 0 saturated carbocycles. The molecule has 0 bridgehead atoms. The van der Waals surface area contributed by atoms with Gasteiger partial charge in [0, 0.05) is 5.56 Å². The van der Waals surface area contributed by atoms with E-state index in [0.29, 0.717) is 17.1 Å². The maximum atomic E-state index is 13.9. The van der Waals surface area contributed by atoms with Crippen LogP contribution in [0.4, 0.5) is 9.18 Å². The summed E-state index contributed by atoms with van der Waals surface area (Å²) in [6, 6.07) is 16.6. The van der Waals surface area contributed by atoms with Crippen LogP contribution in [0.2, 0.25) is 0 Å². The van der Waals surface area contributed by atoms with Crippen LogP contribution in [0.3, 0.4) is 0 Å². The number of aromatic carboxylic acids is 1. The highest BCUT2D eigenvalue weighted by Crippen LogP contribution is 2.30. The number of methoxy groups -OCH3 is 1. The second kappa shape index (κ2) is 10.1. The van der Waals surface area contributed by atoms with Crippen LogP contribution < -0.4 is 14.8 Å². The zero-order valence-electron chi connectivity index (χ0n) is 18.7. The van der Waals surface area contributed by atoms with E-state index in [1.165, 1.54) is 43.5 Å². The van der Waals surface area contributed by atoms with Gasteiger partial charge in [0.2, 0.25) is 0 Å². The number of rotatable bonds is 8. The van der Waals surface area contributed by atoms with Gasteiger partial charge >= 0.3 is 12.0 Å². The Bertz CT molecular complexity index is 1320. The van der Waals surface area contributed by atoms with Crippen molar-refractivity contribution >= 4 is 24.0 Å². The molecule has 178 valence electrons. The van der Waals surface area contributed by atoms with E-state index in [1.807, 2.05) is 0 Å². The van der Waals surface area contributed by atoms with Gasteiger partial charge in [0.25, 0.3) is 5.91 Å². The van der Waals surface area contributed by atoms with Crippen molar-refractivity contribution in [2.45, 2.75) is 13.2 Å². The van der Waals surface area contributed by atoms with E-state index in [2.05, 4.69) is 5.32 Å². The molecule has 1 aliphatic heterocycles. The molecule has 1 heterocycles. The van der Waals surface area contributed by atoms with Crippen LogP contribution in [0.15, 0.2) is 72.4 Å². The third kappa shape index (κ3) is 5.30. The minimum absolute atomic E-state index is 0.0561. The Labute approximate surface area is 200 Å². The number of carboxylic acids is 1. The molecule has 35 heavy (non-hydrogen) atoms. The first-order valence-electron chi connectivity index (χ1n) is 10.6. The largest absolute Gasteiger partial charge is 0.493 e. The minimum atomic E-state index is -1.00. The Morgan fingerprint density at radius 1 is 1.06 bits per heavy atom. The average molecular weight is 476 g/mol. The van der Waals surface area contributed by atoms with Gasteiger partial charge in [-0.3, -0.25) is 9.69 Å². The number of carbonyl (C=O) groups is 3. The number of halogens is 1. The normalized spacial score (nSPS) is 14.2. The van der Waals surface area contributed by atoms with E-state index in [-0.39, 0.29) is 30.0 Å². The predicted octanol–water partition coefficient (Wildman–Crippen LogP) is 4.20. The van der Waals surface area contributed by atoms with Gasteiger partial charge in [0.1, 0.15) is 18.1 Å². The Kier molecular flexibility index (Phi) is 6.77. The van der Waals surface area contributed by atoms with Crippen molar-refractivity contribution in [3.63, 3.8) is 0 Å². The van der Waals surface area contributed by atoms with Gasteiger partial charge < -0.3 is 19.9 Å². The second-order valence-corrected chi connectivity index (χ2v) is 7.67. The number of urea groups is 1. The molecule has 3 aromatic rings. The molecule has 4 rings (SSSR count). The topological polar surface area (TPSA) is 105 Å². The Morgan fingerprint density at radius 3 is 2.49 bits per heavy atom. The fraction of sp³-hybridized carbons (Fsp3) is 0.115. The van der Waals surface area contributed by atoms with Crippen LogP contribution >= 0.6 is 0 Å². The predicted molar refractivity (Wildman–Crippen MR) is 124 cm³/mol. The number of nitrogens with one attached hydrogen (secondary N) is 1. The number of carbonyl (C=O) groups excluding carboxylic acids is 2. The molecule has 8 nitrogen and oxygen atoms in total. The number of carboxylic acid groups (broad SMARTS) is 1. The number of ether oxygens (including phenoxy) is 2. The van der Waals surface area contributed by atoms with Crippen molar-refractivity contribution in [2.24, 2.45) is 0 Å². The smallest absolute Gasteiger partial charge is 0.335 e. The van der Waals surface area contributed by atoms with E-state index in [1.54, 1.807) is 36.4 Å². The van der Waals surface area contributed by atoms with Crippen molar-refractivity contribution in [2.75, 3.05) is 7.11 Å². The fourth-order valence-electron chi connectivity index (χ4n) is 3.48. The van der Waals surface area contributed by atoms with Crippen LogP contribution in [0, 0.1) is 5.82 Å². The molecule has 0 atom stereocenters. The number of benzene rings is 3. The molecule has 9 heteroatoms. The summed E-state index contributed by atoms with van der Waals surface area (Å²) in [5.74, 6) is -1.22. The van der Waals surface area contributed by atoms with E-state index in [9.17, 15) is 18.8 Å². The van der Waals surface area contributed by atoms with Crippen molar-refractivity contribution in [1.82, 2.24) is 10.2 Å². The van der Waals surface area contributed by atoms with Gasteiger partial charge in [0.15, 0.2) is 11.5 Å². The highest BCUT2D eigenvalue weighted by molar-refractivity contribution is 6.13. The summed E-state index contributed by atoms with van der Waals surface area (Å²) >= 11 is 0. The summed E-state index contributed by atoms with van der Waals surface area (Å²) in [5, 5.41) is 11.5. The van der Waals surface area contributed by atoms with Gasteiger partial charge in [0.05, 0.1) is 19.2 Å². The van der Waals surface area contributed by atoms with Crippen LogP contribution in [-0.4, -0.2) is 35.0 Å². The molecule has 0 aromatic heterocycles. The molecular weight excluding hydrogens is 455 g/mol. The van der Waals surface area contributed by atoms with E-state index >= 15 is 0 Å². The number of imide groups is 1. The molecule has 2 N–H and O–H groups in total. The van der Waals surface area contributed by atoms with E-state index < -0.39 is 23.7 Å². The SMILES string of the molecule is COc1cc(/C=C2/NC(=O)N(Cc3ccccc3F)C2=O)ccc1OCc1ccc(C(=O)O)cc1. The lowest BCUT2D eigenvalue weighted by atomic mass is 10.1. The van der Waals surface area contributed by atoms with Gasteiger partial charge in [-0.15, -0.1) is 0 Å². The average Bonchev–Trinajstić information content (AvgIpc) is 3.11. The summed E-state index contributed by atoms with van der Waals surface area (Å²) in [5.41, 5.74) is 1.83. The van der Waals surface area contributed by atoms with Crippen molar-refractivity contribution < 1.29 is 33.4 Å². The Morgan fingerprint density at radius 2 is 1.80 bits per heavy atom. The van der Waals surface area contributed by atoms with Crippen LogP contribution in [-0.2, 0) is 17.9 Å². The molecule has 0 radical (unpaired) electrons. The van der Waals surface area contributed by atoms with Crippen LogP contribution in [0.25, 0.3) is 6.08 Å². The van der Waals surface area contributed by atoms with Crippen LogP contribution in [0.1, 0.15) is 27.0 Å². The first-order valence-corrected chi connectivity index (χ1v) is 10.6. The summed E-state index contributed by atoms with van der Waals surface area (Å²) in [6.07, 6.45) is 1.50. The van der Waals surface area contributed by atoms with E-state index in [0.717, 1.165) is 10.5 Å². The lowest BCUT2D eigenvalue weighted by Crippen LogP contribution is -2.30. The van der Waals surface area contributed by atoms with Crippen LogP contribution in [0.5, 0.6) is 11.5 Å². The number of amides is 3. The number of hydrogen-bond acceptors (Lipinski definition) is 5. The lowest BCUT2D eigenvalue weighted by Gasteiger charge is -2.12. The minimum Gasteiger partial charge on any atom is -0.493 e. The molecule has 1 fully saturated rings. The van der Waals surface area contributed by atoms with Gasteiger partial charge in [-0.2, -0.15) is 0 Å². The van der Waals surface area contributed by atoms with Gasteiger partial charge in [-0.05, 0) is 47.5 Å². The zero-order chi connectivity index (χ0) is 24.9. The fourth-order valence-corrected chi connectivity index (χ4v) is 3.48. The first kappa shape index (κ1) is 23.5. The quantitative estimate of drug-likeness (QED) is 0.373. The molecule has 1 aliphatic rings. The zero-order valence-corrected chi connectivity index (χ0v) is 18.7. The lowest BCUT2D eigenvalue weighted by molar-refractivity contribution is -0.123.